The number of aromatic hydroxyl groups is 5. The van der Waals surface area contributed by atoms with E-state index in [0.29, 0.717) is 23.3 Å². The van der Waals surface area contributed by atoms with E-state index < -0.39 is 75.9 Å². The Labute approximate surface area is 190 Å². The average Bonchev–Trinajstić information content (AvgIpc) is 2.73. The van der Waals surface area contributed by atoms with Crippen molar-refractivity contribution in [3.8, 4) is 34.5 Å². The van der Waals surface area contributed by atoms with E-state index in [0.717, 1.165) is 13.1 Å². The number of aliphatic hydroxyl groups is 2. The van der Waals surface area contributed by atoms with Crippen LogP contribution in [0.25, 0.3) is 0 Å². The number of carbonyl (C=O) groups is 2. The molecule has 0 aliphatic heterocycles. The first-order chi connectivity index (χ1) is 15.6. The van der Waals surface area contributed by atoms with Gasteiger partial charge in [0.1, 0.15) is 17.8 Å². The van der Waals surface area contributed by atoms with Crippen LogP contribution >= 0.6 is 0 Å². The monoisotopic (exact) mass is 485 g/mol. The van der Waals surface area contributed by atoms with Crippen molar-refractivity contribution in [1.29, 1.82) is 0 Å². The molecule has 0 bridgehead atoms. The van der Waals surface area contributed by atoms with Gasteiger partial charge in [0.15, 0.2) is 34.8 Å². The summed E-state index contributed by atoms with van der Waals surface area (Å²) < 4.78 is 0. The zero-order valence-corrected chi connectivity index (χ0v) is 17.4. The van der Waals surface area contributed by atoms with Gasteiger partial charge in [-0.3, -0.25) is 9.59 Å². The number of rotatable bonds is 9. The van der Waals surface area contributed by atoms with Gasteiger partial charge in [0, 0.05) is 24.7 Å². The molecule has 13 N–H and O–H groups in total. The molecule has 2 aromatic rings. The SMILES string of the molecule is CN(Oc1cc(O)c(O)cc1C(O)(O)C(N)C(=O)O)C(c1cc(O)c(O)cc1O)C(N)C(=O)O. The van der Waals surface area contributed by atoms with Gasteiger partial charge in [-0.05, 0) is 12.1 Å². The zero-order chi connectivity index (χ0) is 26.1. The Balaban J connectivity index is 2.63. The quantitative estimate of drug-likeness (QED) is 0.0803. The number of nitrogens with zero attached hydrogens (tertiary/aromatic N) is 1. The minimum atomic E-state index is -3.36. The molecule has 186 valence electrons. The van der Waals surface area contributed by atoms with Gasteiger partial charge < -0.3 is 62.3 Å². The van der Waals surface area contributed by atoms with Gasteiger partial charge in [-0.2, -0.15) is 0 Å². The van der Waals surface area contributed by atoms with Crippen LogP contribution in [0.5, 0.6) is 34.5 Å². The number of hydrogen-bond acceptors (Lipinski definition) is 13. The smallest absolute Gasteiger partial charge is 0.326 e. The molecule has 0 fully saturated rings. The Bertz CT molecular complexity index is 1110. The minimum Gasteiger partial charge on any atom is -0.507 e. The van der Waals surface area contributed by atoms with Crippen LogP contribution < -0.4 is 16.3 Å². The van der Waals surface area contributed by atoms with Crippen molar-refractivity contribution in [1.82, 2.24) is 5.06 Å². The van der Waals surface area contributed by atoms with Crippen LogP contribution in [-0.2, 0) is 15.4 Å². The highest BCUT2D eigenvalue weighted by Crippen LogP contribution is 2.42. The fourth-order valence-electron chi connectivity index (χ4n) is 3.04. The number of likely N-dealkylation sites (N-methyl/N-ethyl adjacent to an activating group) is 1. The summed E-state index contributed by atoms with van der Waals surface area (Å²) in [4.78, 5) is 28.2. The molecule has 0 aliphatic rings. The zero-order valence-electron chi connectivity index (χ0n) is 17.4. The van der Waals surface area contributed by atoms with Crippen LogP contribution in [-0.4, -0.2) is 82.1 Å². The number of carboxylic acid groups (broad SMARTS) is 2. The molecule has 15 heteroatoms. The molecule has 34 heavy (non-hydrogen) atoms. The van der Waals surface area contributed by atoms with Crippen LogP contribution in [0.3, 0.4) is 0 Å². The van der Waals surface area contributed by atoms with Crippen LogP contribution in [0.1, 0.15) is 17.2 Å². The molecule has 0 aromatic heterocycles. The lowest BCUT2D eigenvalue weighted by molar-refractivity contribution is -0.200. The van der Waals surface area contributed by atoms with Crippen molar-refractivity contribution in [2.75, 3.05) is 7.05 Å². The predicted octanol–water partition coefficient (Wildman–Crippen LogP) is -1.86. The van der Waals surface area contributed by atoms with Crippen LogP contribution in [0.2, 0.25) is 0 Å². The van der Waals surface area contributed by atoms with Crippen molar-refractivity contribution >= 4 is 11.9 Å². The van der Waals surface area contributed by atoms with E-state index in [9.17, 15) is 50.4 Å². The summed E-state index contributed by atoms with van der Waals surface area (Å²) in [6.07, 6.45) is 0. The van der Waals surface area contributed by atoms with Crippen LogP contribution in [0, 0.1) is 0 Å². The van der Waals surface area contributed by atoms with Crippen LogP contribution in [0.4, 0.5) is 0 Å². The van der Waals surface area contributed by atoms with E-state index in [-0.39, 0.29) is 5.56 Å². The summed E-state index contributed by atoms with van der Waals surface area (Å²) in [5, 5.41) is 88.9. The van der Waals surface area contributed by atoms with E-state index in [4.69, 9.17) is 21.4 Å². The fraction of sp³-hybridized carbons (Fsp3) is 0.263. The van der Waals surface area contributed by atoms with Crippen molar-refractivity contribution in [2.24, 2.45) is 11.5 Å². The van der Waals surface area contributed by atoms with Gasteiger partial charge in [0.2, 0.25) is 5.79 Å². The molecule has 0 aliphatic carbocycles. The predicted molar refractivity (Wildman–Crippen MR) is 110 cm³/mol. The molecule has 0 amide bonds. The van der Waals surface area contributed by atoms with Gasteiger partial charge in [-0.15, -0.1) is 5.06 Å². The van der Waals surface area contributed by atoms with Gasteiger partial charge in [0.25, 0.3) is 0 Å². The summed E-state index contributed by atoms with van der Waals surface area (Å²) in [5.74, 6) is -11.5. The lowest BCUT2D eigenvalue weighted by atomic mass is 9.96. The topological polar surface area (TPSA) is 281 Å². The van der Waals surface area contributed by atoms with Crippen molar-refractivity contribution in [3.05, 3.63) is 35.4 Å². The van der Waals surface area contributed by atoms with E-state index >= 15 is 0 Å². The summed E-state index contributed by atoms with van der Waals surface area (Å²) >= 11 is 0. The highest BCUT2D eigenvalue weighted by atomic mass is 16.7. The Hall–Kier alpha value is -4.02. The Morgan fingerprint density at radius 3 is 1.88 bits per heavy atom. The molecular formula is C19H23N3O12. The van der Waals surface area contributed by atoms with E-state index in [1.54, 1.807) is 0 Å². The third kappa shape index (κ3) is 4.98. The molecule has 15 nitrogen and oxygen atoms in total. The van der Waals surface area contributed by atoms with Crippen molar-refractivity contribution in [2.45, 2.75) is 23.9 Å². The Kier molecular flexibility index (Phi) is 7.30. The number of carboxylic acids is 2. The Morgan fingerprint density at radius 2 is 1.35 bits per heavy atom. The number of aliphatic carboxylic acids is 2. The number of nitrogens with two attached hydrogens (primary N) is 2. The molecule has 3 atom stereocenters. The second-order valence-corrected chi connectivity index (χ2v) is 7.23. The molecule has 2 aromatic carbocycles. The first-order valence-corrected chi connectivity index (χ1v) is 9.23. The summed E-state index contributed by atoms with van der Waals surface area (Å²) in [6, 6.07) is -3.15. The number of phenols is 5. The molecule has 3 unspecified atom stereocenters. The normalized spacial score (nSPS) is 14.4. The molecule has 0 saturated heterocycles. The van der Waals surface area contributed by atoms with Gasteiger partial charge in [-0.1, -0.05) is 0 Å². The maximum absolute atomic E-state index is 11.6. The number of hydrogen-bond donors (Lipinski definition) is 11. The summed E-state index contributed by atoms with van der Waals surface area (Å²) in [7, 11) is 1.07. The van der Waals surface area contributed by atoms with Crippen molar-refractivity contribution in [3.63, 3.8) is 0 Å². The maximum Gasteiger partial charge on any atom is 0.326 e. The second kappa shape index (κ2) is 9.46. The standard InChI is InChI=1S/C19H23N3O12/c1-22(15(14(20)17(28)29)6-2-9(24)11(26)4-8(6)23)34-13-5-12(27)10(25)3-7(13)19(32,33)16(21)18(30)31/h2-5,14-16,23-27,32-33H,20-21H2,1H3,(H,28,29)(H,30,31). The third-order valence-corrected chi connectivity index (χ3v) is 4.87. The van der Waals surface area contributed by atoms with Gasteiger partial charge in [0.05, 0.1) is 5.56 Å². The molecular weight excluding hydrogens is 462 g/mol. The van der Waals surface area contributed by atoms with Gasteiger partial charge in [-0.25, -0.2) is 0 Å². The van der Waals surface area contributed by atoms with Crippen LogP contribution in [0.15, 0.2) is 24.3 Å². The van der Waals surface area contributed by atoms with E-state index in [2.05, 4.69) is 0 Å². The molecule has 0 spiro atoms. The fourth-order valence-corrected chi connectivity index (χ4v) is 3.04. The molecule has 0 saturated carbocycles. The number of phenolic OH excluding ortho intramolecular Hbond substituents is 5. The van der Waals surface area contributed by atoms with Gasteiger partial charge >= 0.3 is 11.9 Å². The largest absolute Gasteiger partial charge is 0.507 e. The Morgan fingerprint density at radius 1 is 0.853 bits per heavy atom. The minimum absolute atomic E-state index is 0.348. The highest BCUT2D eigenvalue weighted by molar-refractivity contribution is 5.76. The molecule has 0 heterocycles. The molecule has 2 rings (SSSR count). The average molecular weight is 485 g/mol. The van der Waals surface area contributed by atoms with Crippen molar-refractivity contribution < 1.29 is 60.4 Å². The highest BCUT2D eigenvalue weighted by Gasteiger charge is 2.43. The summed E-state index contributed by atoms with van der Waals surface area (Å²) in [5.41, 5.74) is 9.83. The lowest BCUT2D eigenvalue weighted by Gasteiger charge is -2.33. The van der Waals surface area contributed by atoms with E-state index in [1.165, 1.54) is 0 Å². The number of hydroxylamine groups is 2. The molecule has 0 radical (unpaired) electrons. The maximum atomic E-state index is 11.6. The summed E-state index contributed by atoms with van der Waals surface area (Å²) in [6.45, 7) is 0. The van der Waals surface area contributed by atoms with E-state index in [1.807, 2.05) is 0 Å². The lowest BCUT2D eigenvalue weighted by Crippen LogP contribution is -2.51. The third-order valence-electron chi connectivity index (χ3n) is 4.87. The first kappa shape index (κ1) is 26.2. The first-order valence-electron chi connectivity index (χ1n) is 9.23. The number of benzene rings is 2. The second-order valence-electron chi connectivity index (χ2n) is 7.23.